The van der Waals surface area contributed by atoms with Crippen LogP contribution in [-0.2, 0) is 14.9 Å². The summed E-state index contributed by atoms with van der Waals surface area (Å²) in [5, 5.41) is 3.39. The van der Waals surface area contributed by atoms with Crippen LogP contribution in [0.2, 0.25) is 5.02 Å². The highest BCUT2D eigenvalue weighted by atomic mass is 79.9. The number of halogens is 2. The highest BCUT2D eigenvalue weighted by Gasteiger charge is 2.47. The summed E-state index contributed by atoms with van der Waals surface area (Å²) in [5.74, 6) is -0.143. The Kier molecular flexibility index (Phi) is 4.12. The minimum Gasteiger partial charge on any atom is -0.397 e. The number of nitrogens with two attached hydrogens (primary N) is 1. The van der Waals surface area contributed by atoms with Crippen LogP contribution in [0.15, 0.2) is 46.9 Å². The number of ether oxygens (including phenoxy) is 1. The van der Waals surface area contributed by atoms with Gasteiger partial charge >= 0.3 is 0 Å². The number of hydrogen-bond donors (Lipinski definition) is 2. The third-order valence-electron chi connectivity index (χ3n) is 3.79. The van der Waals surface area contributed by atoms with Gasteiger partial charge in [-0.15, -0.1) is 0 Å². The quantitative estimate of drug-likeness (QED) is 0.799. The first-order valence-corrected chi connectivity index (χ1v) is 7.89. The maximum atomic E-state index is 12.8. The van der Waals surface area contributed by atoms with Crippen LogP contribution in [0.4, 0.5) is 11.4 Å². The molecule has 1 fully saturated rings. The molecule has 2 aromatic carbocycles. The fraction of sp³-hybridized carbons (Fsp3) is 0.188. The van der Waals surface area contributed by atoms with Crippen molar-refractivity contribution in [1.29, 1.82) is 0 Å². The first-order valence-electron chi connectivity index (χ1n) is 6.71. The molecule has 1 aliphatic rings. The first-order chi connectivity index (χ1) is 10.5. The van der Waals surface area contributed by atoms with E-state index in [4.69, 9.17) is 22.1 Å². The average Bonchev–Trinajstić information content (AvgIpc) is 2.44. The van der Waals surface area contributed by atoms with Crippen molar-refractivity contribution < 1.29 is 9.53 Å². The Bertz CT molecular complexity index is 715. The Labute approximate surface area is 141 Å². The van der Waals surface area contributed by atoms with Crippen LogP contribution in [0.25, 0.3) is 0 Å². The van der Waals surface area contributed by atoms with Crippen molar-refractivity contribution in [3.05, 3.63) is 57.5 Å². The van der Waals surface area contributed by atoms with Gasteiger partial charge in [0.15, 0.2) is 0 Å². The van der Waals surface area contributed by atoms with Crippen LogP contribution in [0.5, 0.6) is 0 Å². The van der Waals surface area contributed by atoms with Gasteiger partial charge in [-0.3, -0.25) is 4.79 Å². The van der Waals surface area contributed by atoms with E-state index in [0.29, 0.717) is 29.6 Å². The lowest BCUT2D eigenvalue weighted by Gasteiger charge is -2.40. The molecular formula is C16H14BrClN2O2. The highest BCUT2D eigenvalue weighted by molar-refractivity contribution is 9.10. The van der Waals surface area contributed by atoms with Gasteiger partial charge < -0.3 is 15.8 Å². The second kappa shape index (κ2) is 5.91. The Hall–Kier alpha value is -1.56. The smallest absolute Gasteiger partial charge is 0.239 e. The molecule has 6 heteroatoms. The summed E-state index contributed by atoms with van der Waals surface area (Å²) in [4.78, 5) is 12.8. The summed E-state index contributed by atoms with van der Waals surface area (Å²) >= 11 is 9.36. The van der Waals surface area contributed by atoms with Crippen LogP contribution >= 0.6 is 27.5 Å². The summed E-state index contributed by atoms with van der Waals surface area (Å²) in [5.41, 5.74) is 7.11. The van der Waals surface area contributed by atoms with Crippen molar-refractivity contribution in [3.63, 3.8) is 0 Å². The molecule has 3 rings (SSSR count). The predicted octanol–water partition coefficient (Wildman–Crippen LogP) is 3.59. The standard InChI is InChI=1S/C16H14BrClN2O2/c17-11-3-1-10(2-4-11)16(8-22-9-16)15(21)20-14-7-12(18)5-6-13(14)19/h1-7H,8-9,19H2,(H,20,21). The minimum atomic E-state index is -0.685. The molecule has 1 saturated heterocycles. The summed E-state index contributed by atoms with van der Waals surface area (Å²) in [7, 11) is 0. The number of benzene rings is 2. The van der Waals surface area contributed by atoms with Crippen molar-refractivity contribution in [2.24, 2.45) is 0 Å². The second-order valence-electron chi connectivity index (χ2n) is 5.27. The largest absolute Gasteiger partial charge is 0.397 e. The van der Waals surface area contributed by atoms with Crippen molar-refractivity contribution >= 4 is 44.8 Å². The molecule has 0 aromatic heterocycles. The molecule has 0 unspecified atom stereocenters. The van der Waals surface area contributed by atoms with Crippen molar-refractivity contribution in [2.45, 2.75) is 5.41 Å². The molecule has 0 aliphatic carbocycles. The zero-order valence-electron chi connectivity index (χ0n) is 11.6. The predicted molar refractivity (Wildman–Crippen MR) is 91.1 cm³/mol. The van der Waals surface area contributed by atoms with E-state index in [1.165, 1.54) is 0 Å². The van der Waals surface area contributed by atoms with E-state index in [1.54, 1.807) is 18.2 Å². The van der Waals surface area contributed by atoms with E-state index < -0.39 is 5.41 Å². The molecule has 3 N–H and O–H groups in total. The van der Waals surface area contributed by atoms with Crippen molar-refractivity contribution in [3.8, 4) is 0 Å². The Morgan fingerprint density at radius 1 is 1.23 bits per heavy atom. The van der Waals surface area contributed by atoms with E-state index >= 15 is 0 Å². The number of nitrogen functional groups attached to an aromatic ring is 1. The monoisotopic (exact) mass is 380 g/mol. The topological polar surface area (TPSA) is 64.3 Å². The number of rotatable bonds is 3. The molecule has 1 heterocycles. The maximum Gasteiger partial charge on any atom is 0.239 e. The molecule has 0 atom stereocenters. The third-order valence-corrected chi connectivity index (χ3v) is 4.56. The summed E-state index contributed by atoms with van der Waals surface area (Å²) in [6.45, 7) is 0.696. The number of amides is 1. The maximum absolute atomic E-state index is 12.8. The average molecular weight is 382 g/mol. The van der Waals surface area contributed by atoms with Crippen LogP contribution in [0, 0.1) is 0 Å². The Morgan fingerprint density at radius 3 is 2.50 bits per heavy atom. The molecule has 1 aliphatic heterocycles. The third kappa shape index (κ3) is 2.72. The molecular weight excluding hydrogens is 368 g/mol. The van der Waals surface area contributed by atoms with Gasteiger partial charge in [-0.25, -0.2) is 0 Å². The molecule has 114 valence electrons. The van der Waals surface area contributed by atoms with Gasteiger partial charge in [0, 0.05) is 9.50 Å². The van der Waals surface area contributed by atoms with E-state index in [-0.39, 0.29) is 5.91 Å². The van der Waals surface area contributed by atoms with Crippen LogP contribution in [-0.4, -0.2) is 19.1 Å². The summed E-state index contributed by atoms with van der Waals surface area (Å²) in [6.07, 6.45) is 0. The van der Waals surface area contributed by atoms with E-state index in [0.717, 1.165) is 10.0 Å². The molecule has 1 amide bonds. The number of anilines is 2. The number of hydrogen-bond acceptors (Lipinski definition) is 3. The second-order valence-corrected chi connectivity index (χ2v) is 6.62. The lowest BCUT2D eigenvalue weighted by molar-refractivity contribution is -0.139. The molecule has 22 heavy (non-hydrogen) atoms. The molecule has 4 nitrogen and oxygen atoms in total. The lowest BCUT2D eigenvalue weighted by atomic mass is 9.77. The molecule has 0 bridgehead atoms. The fourth-order valence-electron chi connectivity index (χ4n) is 2.38. The van der Waals surface area contributed by atoms with Gasteiger partial charge in [0.25, 0.3) is 0 Å². The van der Waals surface area contributed by atoms with Crippen LogP contribution in [0.1, 0.15) is 5.56 Å². The molecule has 2 aromatic rings. The summed E-state index contributed by atoms with van der Waals surface area (Å²) < 4.78 is 6.27. The van der Waals surface area contributed by atoms with Crippen molar-refractivity contribution in [2.75, 3.05) is 24.3 Å². The number of carbonyl (C=O) groups is 1. The lowest BCUT2D eigenvalue weighted by Crippen LogP contribution is -2.55. The van der Waals surface area contributed by atoms with Crippen LogP contribution < -0.4 is 11.1 Å². The summed E-state index contributed by atoms with van der Waals surface area (Å²) in [6, 6.07) is 12.7. The molecule has 0 spiro atoms. The normalized spacial score (nSPS) is 15.9. The van der Waals surface area contributed by atoms with Crippen molar-refractivity contribution in [1.82, 2.24) is 0 Å². The Balaban J connectivity index is 1.89. The first kappa shape index (κ1) is 15.3. The van der Waals surface area contributed by atoms with Gasteiger partial charge in [-0.1, -0.05) is 39.7 Å². The van der Waals surface area contributed by atoms with E-state index in [9.17, 15) is 4.79 Å². The fourth-order valence-corrected chi connectivity index (χ4v) is 2.82. The van der Waals surface area contributed by atoms with Gasteiger partial charge in [-0.2, -0.15) is 0 Å². The van der Waals surface area contributed by atoms with Gasteiger partial charge in [0.05, 0.1) is 24.6 Å². The number of carbonyl (C=O) groups excluding carboxylic acids is 1. The van der Waals surface area contributed by atoms with Crippen LogP contribution in [0.3, 0.4) is 0 Å². The number of nitrogens with one attached hydrogen (secondary N) is 1. The molecule has 0 radical (unpaired) electrons. The van der Waals surface area contributed by atoms with Gasteiger partial charge in [0.1, 0.15) is 5.41 Å². The van der Waals surface area contributed by atoms with Gasteiger partial charge in [0.2, 0.25) is 5.91 Å². The van der Waals surface area contributed by atoms with E-state index in [1.807, 2.05) is 24.3 Å². The minimum absolute atomic E-state index is 0.143. The highest BCUT2D eigenvalue weighted by Crippen LogP contribution is 2.35. The SMILES string of the molecule is Nc1ccc(Cl)cc1NC(=O)C1(c2ccc(Br)cc2)COC1. The van der Waals surface area contributed by atoms with Gasteiger partial charge in [-0.05, 0) is 35.9 Å². The van der Waals surface area contributed by atoms with E-state index in [2.05, 4.69) is 21.2 Å². The zero-order chi connectivity index (χ0) is 15.7. The zero-order valence-corrected chi connectivity index (χ0v) is 13.9. The Morgan fingerprint density at radius 2 is 1.91 bits per heavy atom. The molecule has 0 saturated carbocycles.